The summed E-state index contributed by atoms with van der Waals surface area (Å²) in [5.74, 6) is 0.496. The summed E-state index contributed by atoms with van der Waals surface area (Å²) in [4.78, 5) is 12.0. The highest BCUT2D eigenvalue weighted by molar-refractivity contribution is 5.94. The molecular weight excluding hydrogens is 415 g/mol. The lowest BCUT2D eigenvalue weighted by Gasteiger charge is -2.10. The highest BCUT2D eigenvalue weighted by Crippen LogP contribution is 2.29. The number of nitrogens with zero attached hydrogens (tertiary/aromatic N) is 4. The van der Waals surface area contributed by atoms with Gasteiger partial charge in [-0.3, -0.25) is 4.68 Å². The monoisotopic (exact) mass is 434 g/mol. The number of fused-ring (bicyclic) bond motifs is 2. The third-order valence-electron chi connectivity index (χ3n) is 5.69. The average molecular weight is 434 g/mol. The summed E-state index contributed by atoms with van der Waals surface area (Å²) in [7, 11) is 0. The van der Waals surface area contributed by atoms with E-state index in [2.05, 4.69) is 37.5 Å². The van der Waals surface area contributed by atoms with Crippen molar-refractivity contribution in [3.8, 4) is 11.1 Å². The van der Waals surface area contributed by atoms with Crippen LogP contribution in [0.1, 0.15) is 5.56 Å². The highest BCUT2D eigenvalue weighted by Gasteiger charge is 2.09. The largest absolute Gasteiger partial charge is 0.367 e. The molecule has 3 heterocycles. The van der Waals surface area contributed by atoms with Crippen molar-refractivity contribution >= 4 is 33.3 Å². The van der Waals surface area contributed by atoms with Crippen LogP contribution in [0.15, 0.2) is 91.6 Å². The zero-order valence-corrected chi connectivity index (χ0v) is 17.5. The van der Waals surface area contributed by atoms with Gasteiger partial charge in [0.05, 0.1) is 23.8 Å². The predicted octanol–water partition coefficient (Wildman–Crippen LogP) is 5.91. The first-order valence-electron chi connectivity index (χ1n) is 10.6. The molecule has 6 nitrogen and oxygen atoms in total. The molecule has 0 amide bonds. The van der Waals surface area contributed by atoms with Crippen molar-refractivity contribution < 1.29 is 4.39 Å². The van der Waals surface area contributed by atoms with Gasteiger partial charge < -0.3 is 10.3 Å². The van der Waals surface area contributed by atoms with Crippen LogP contribution in [0.2, 0.25) is 0 Å². The van der Waals surface area contributed by atoms with Crippen molar-refractivity contribution in [2.45, 2.75) is 6.54 Å². The second kappa shape index (κ2) is 7.87. The minimum Gasteiger partial charge on any atom is -0.367 e. The van der Waals surface area contributed by atoms with Crippen molar-refractivity contribution in [3.63, 3.8) is 0 Å². The molecule has 33 heavy (non-hydrogen) atoms. The van der Waals surface area contributed by atoms with Gasteiger partial charge in [-0.15, -0.1) is 0 Å². The lowest BCUT2D eigenvalue weighted by molar-refractivity contribution is 0.621. The molecule has 0 bridgehead atoms. The maximum Gasteiger partial charge on any atom is 0.141 e. The van der Waals surface area contributed by atoms with E-state index in [1.807, 2.05) is 59.7 Å². The smallest absolute Gasteiger partial charge is 0.141 e. The van der Waals surface area contributed by atoms with Crippen molar-refractivity contribution in [3.05, 3.63) is 103 Å². The molecule has 160 valence electrons. The number of nitrogens with one attached hydrogen (secondary N) is 2. The van der Waals surface area contributed by atoms with E-state index in [0.29, 0.717) is 6.54 Å². The maximum absolute atomic E-state index is 13.5. The van der Waals surface area contributed by atoms with Gasteiger partial charge in [-0.05, 0) is 65.2 Å². The fourth-order valence-corrected chi connectivity index (χ4v) is 4.08. The average Bonchev–Trinajstić information content (AvgIpc) is 3.50. The Labute approximate surface area is 188 Å². The first-order chi connectivity index (χ1) is 16.2. The number of H-pyrrole nitrogens is 1. The maximum atomic E-state index is 13.5. The van der Waals surface area contributed by atoms with Crippen LogP contribution in [-0.2, 0) is 6.54 Å². The van der Waals surface area contributed by atoms with Crippen LogP contribution in [0.5, 0.6) is 0 Å². The van der Waals surface area contributed by atoms with E-state index < -0.39 is 0 Å². The van der Waals surface area contributed by atoms with Gasteiger partial charge in [0.1, 0.15) is 18.0 Å². The topological polar surface area (TPSA) is 71.4 Å². The number of anilines is 2. The second-order valence-electron chi connectivity index (χ2n) is 7.88. The van der Waals surface area contributed by atoms with Crippen LogP contribution >= 0.6 is 0 Å². The molecule has 0 saturated heterocycles. The number of hydrogen-bond acceptors (Lipinski definition) is 4. The minimum absolute atomic E-state index is 0.243. The SMILES string of the molecule is Fc1cccc(Cn2ncc3cc(Nc4ncnc5ccc(-c6cc[nH]c6)cc45)ccc32)c1. The summed E-state index contributed by atoms with van der Waals surface area (Å²) in [5.41, 5.74) is 5.82. The van der Waals surface area contributed by atoms with Gasteiger partial charge >= 0.3 is 0 Å². The lowest BCUT2D eigenvalue weighted by atomic mass is 10.1. The Kier molecular flexibility index (Phi) is 4.58. The van der Waals surface area contributed by atoms with Crippen molar-refractivity contribution in [2.75, 3.05) is 5.32 Å². The summed E-state index contributed by atoms with van der Waals surface area (Å²) in [6.45, 7) is 0.506. The molecule has 0 aliphatic rings. The van der Waals surface area contributed by atoms with Gasteiger partial charge in [0.2, 0.25) is 0 Å². The van der Waals surface area contributed by atoms with E-state index in [-0.39, 0.29) is 5.82 Å². The number of benzene rings is 3. The Morgan fingerprint density at radius 1 is 0.939 bits per heavy atom. The molecule has 0 aliphatic heterocycles. The van der Waals surface area contributed by atoms with Gasteiger partial charge in [0.25, 0.3) is 0 Å². The first kappa shape index (κ1) is 19.2. The van der Waals surface area contributed by atoms with Gasteiger partial charge in [0, 0.05) is 28.9 Å². The standard InChI is InChI=1S/C26H19FN6/c27-21-3-1-2-17(10-21)15-33-25-7-5-22(11-20(25)14-31-33)32-26-23-12-18(19-8-9-28-13-19)4-6-24(23)29-16-30-26/h1-14,16,28H,15H2,(H,29,30,32). The molecule has 0 unspecified atom stereocenters. The summed E-state index contributed by atoms with van der Waals surface area (Å²) in [6.07, 6.45) is 7.26. The first-order valence-corrected chi connectivity index (χ1v) is 10.6. The molecule has 6 rings (SSSR count). The Bertz CT molecular complexity index is 1590. The van der Waals surface area contributed by atoms with Gasteiger partial charge in [-0.1, -0.05) is 18.2 Å². The molecule has 7 heteroatoms. The van der Waals surface area contributed by atoms with Crippen LogP contribution in [-0.4, -0.2) is 24.7 Å². The van der Waals surface area contributed by atoms with Gasteiger partial charge in [0.15, 0.2) is 0 Å². The van der Waals surface area contributed by atoms with Crippen LogP contribution < -0.4 is 5.32 Å². The normalized spacial score (nSPS) is 11.3. The number of aromatic nitrogens is 5. The molecule has 6 aromatic rings. The summed E-state index contributed by atoms with van der Waals surface area (Å²) >= 11 is 0. The Morgan fingerprint density at radius 2 is 1.91 bits per heavy atom. The molecule has 2 N–H and O–H groups in total. The van der Waals surface area contributed by atoms with E-state index in [0.717, 1.165) is 50.0 Å². The molecule has 0 spiro atoms. The molecule has 0 fully saturated rings. The summed E-state index contributed by atoms with van der Waals surface area (Å²) < 4.78 is 15.4. The van der Waals surface area contributed by atoms with Gasteiger partial charge in [-0.2, -0.15) is 5.10 Å². The third kappa shape index (κ3) is 3.70. The summed E-state index contributed by atoms with van der Waals surface area (Å²) in [5, 5.41) is 9.86. The number of rotatable bonds is 5. The molecule has 3 aromatic carbocycles. The zero-order chi connectivity index (χ0) is 22.2. The molecule has 0 aliphatic carbocycles. The fourth-order valence-electron chi connectivity index (χ4n) is 4.08. The zero-order valence-electron chi connectivity index (χ0n) is 17.5. The Morgan fingerprint density at radius 3 is 2.79 bits per heavy atom. The van der Waals surface area contributed by atoms with E-state index in [9.17, 15) is 4.39 Å². The van der Waals surface area contributed by atoms with E-state index in [1.165, 1.54) is 12.1 Å². The van der Waals surface area contributed by atoms with E-state index in [4.69, 9.17) is 0 Å². The lowest BCUT2D eigenvalue weighted by Crippen LogP contribution is -2.01. The number of aromatic amines is 1. The predicted molar refractivity (Wildman–Crippen MR) is 128 cm³/mol. The van der Waals surface area contributed by atoms with Crippen molar-refractivity contribution in [2.24, 2.45) is 0 Å². The van der Waals surface area contributed by atoms with Crippen LogP contribution in [0.25, 0.3) is 32.9 Å². The minimum atomic E-state index is -0.243. The van der Waals surface area contributed by atoms with Crippen LogP contribution in [0.4, 0.5) is 15.9 Å². The summed E-state index contributed by atoms with van der Waals surface area (Å²) in [6, 6.07) is 20.8. The molecule has 0 saturated carbocycles. The fraction of sp³-hybridized carbons (Fsp3) is 0.0385. The van der Waals surface area contributed by atoms with Crippen LogP contribution in [0, 0.1) is 5.82 Å². The Hall–Kier alpha value is -4.52. The highest BCUT2D eigenvalue weighted by atomic mass is 19.1. The van der Waals surface area contributed by atoms with E-state index >= 15 is 0 Å². The molecule has 3 aromatic heterocycles. The number of hydrogen-bond donors (Lipinski definition) is 2. The molecule has 0 atom stereocenters. The van der Waals surface area contributed by atoms with Crippen LogP contribution in [0.3, 0.4) is 0 Å². The van der Waals surface area contributed by atoms with Crippen molar-refractivity contribution in [1.29, 1.82) is 0 Å². The molecular formula is C26H19FN6. The Balaban J connectivity index is 1.32. The quantitative estimate of drug-likeness (QED) is 0.354. The van der Waals surface area contributed by atoms with Crippen molar-refractivity contribution in [1.82, 2.24) is 24.7 Å². The second-order valence-corrected chi connectivity index (χ2v) is 7.88. The van der Waals surface area contributed by atoms with E-state index in [1.54, 1.807) is 12.4 Å². The third-order valence-corrected chi connectivity index (χ3v) is 5.69. The number of halogens is 1. The van der Waals surface area contributed by atoms with Gasteiger partial charge in [-0.25, -0.2) is 14.4 Å². The molecule has 0 radical (unpaired) electrons.